The summed E-state index contributed by atoms with van der Waals surface area (Å²) in [7, 11) is 0. The lowest BCUT2D eigenvalue weighted by Crippen LogP contribution is -2.48. The molecule has 0 bridgehead atoms. The molecule has 124 valence electrons. The largest absolute Gasteiger partial charge is 0.469 e. The van der Waals surface area contributed by atoms with Crippen molar-refractivity contribution in [2.45, 2.75) is 6.92 Å². The van der Waals surface area contributed by atoms with Gasteiger partial charge in [0.2, 0.25) is 0 Å². The zero-order valence-electron chi connectivity index (χ0n) is 12.4. The number of nitrogens with zero attached hydrogens (tertiary/aromatic N) is 1. The first-order valence-corrected chi connectivity index (χ1v) is 6.99. The fourth-order valence-corrected chi connectivity index (χ4v) is 1.91. The number of aryl methyl sites for hydroxylation is 1. The highest BCUT2D eigenvalue weighted by atomic mass is 32.1. The molecule has 0 spiro atoms. The van der Waals surface area contributed by atoms with Crippen molar-refractivity contribution in [3.8, 4) is 0 Å². The minimum atomic E-state index is -0.648. The molecule has 1 aromatic heterocycles. The molecule has 2 rings (SSSR count). The Morgan fingerprint density at radius 3 is 2.58 bits per heavy atom. The van der Waals surface area contributed by atoms with Gasteiger partial charge in [-0.05, 0) is 31.3 Å². The third-order valence-corrected chi connectivity index (χ3v) is 3.14. The van der Waals surface area contributed by atoms with Crippen LogP contribution in [-0.2, 0) is 0 Å². The van der Waals surface area contributed by atoms with Crippen LogP contribution in [0.4, 0.5) is 5.69 Å². The highest BCUT2D eigenvalue weighted by molar-refractivity contribution is 7.80. The lowest BCUT2D eigenvalue weighted by Gasteiger charge is -2.10. The molecule has 24 heavy (non-hydrogen) atoms. The first-order valence-electron chi connectivity index (χ1n) is 6.58. The maximum absolute atomic E-state index is 12.0. The van der Waals surface area contributed by atoms with Gasteiger partial charge < -0.3 is 4.42 Å². The topological polar surface area (TPSA) is 127 Å². The summed E-state index contributed by atoms with van der Waals surface area (Å²) < 4.78 is 5.00. The van der Waals surface area contributed by atoms with Gasteiger partial charge in [0.05, 0.1) is 16.7 Å². The van der Waals surface area contributed by atoms with Gasteiger partial charge in [0.1, 0.15) is 5.76 Å². The molecule has 0 atom stereocenters. The van der Waals surface area contributed by atoms with E-state index in [0.717, 1.165) is 6.07 Å². The first kappa shape index (κ1) is 17.1. The Balaban J connectivity index is 1.91. The van der Waals surface area contributed by atoms with Gasteiger partial charge in [0.25, 0.3) is 17.5 Å². The minimum absolute atomic E-state index is 0.0605. The van der Waals surface area contributed by atoms with Gasteiger partial charge in [0, 0.05) is 17.7 Å². The number of rotatable bonds is 3. The number of hydrazine groups is 1. The molecule has 2 aromatic rings. The van der Waals surface area contributed by atoms with Gasteiger partial charge >= 0.3 is 0 Å². The molecule has 9 nitrogen and oxygen atoms in total. The smallest absolute Gasteiger partial charge is 0.273 e. The van der Waals surface area contributed by atoms with Crippen molar-refractivity contribution in [1.82, 2.24) is 16.2 Å². The molecule has 0 aliphatic heterocycles. The second-order valence-corrected chi connectivity index (χ2v) is 4.97. The highest BCUT2D eigenvalue weighted by Crippen LogP contribution is 2.12. The van der Waals surface area contributed by atoms with Crippen molar-refractivity contribution in [2.75, 3.05) is 0 Å². The number of nitro benzene ring substituents is 1. The summed E-state index contributed by atoms with van der Waals surface area (Å²) in [6.45, 7) is 1.62. The molecule has 0 saturated carbocycles. The predicted molar refractivity (Wildman–Crippen MR) is 87.2 cm³/mol. The van der Waals surface area contributed by atoms with Gasteiger partial charge in [-0.25, -0.2) is 0 Å². The van der Waals surface area contributed by atoms with Crippen molar-refractivity contribution in [1.29, 1.82) is 0 Å². The van der Waals surface area contributed by atoms with Crippen molar-refractivity contribution in [2.24, 2.45) is 0 Å². The molecule has 1 aromatic carbocycles. The monoisotopic (exact) mass is 348 g/mol. The van der Waals surface area contributed by atoms with Crippen LogP contribution in [0.5, 0.6) is 0 Å². The van der Waals surface area contributed by atoms with E-state index in [1.54, 1.807) is 6.92 Å². The number of hydrogen-bond donors (Lipinski definition) is 3. The van der Waals surface area contributed by atoms with Crippen LogP contribution < -0.4 is 16.2 Å². The fraction of sp³-hybridized carbons (Fsp3) is 0.0714. The Hall–Kier alpha value is -3.27. The van der Waals surface area contributed by atoms with E-state index in [0.29, 0.717) is 11.3 Å². The maximum atomic E-state index is 12.0. The number of benzene rings is 1. The molecule has 0 radical (unpaired) electrons. The maximum Gasteiger partial charge on any atom is 0.273 e. The van der Waals surface area contributed by atoms with E-state index in [-0.39, 0.29) is 16.4 Å². The molecule has 0 aliphatic carbocycles. The van der Waals surface area contributed by atoms with E-state index >= 15 is 0 Å². The molecule has 3 N–H and O–H groups in total. The van der Waals surface area contributed by atoms with Gasteiger partial charge in [-0.1, -0.05) is 6.07 Å². The van der Waals surface area contributed by atoms with Crippen LogP contribution >= 0.6 is 12.2 Å². The summed E-state index contributed by atoms with van der Waals surface area (Å²) in [6.07, 6.45) is 1.37. The third kappa shape index (κ3) is 4.14. The van der Waals surface area contributed by atoms with E-state index in [9.17, 15) is 19.7 Å². The zero-order chi connectivity index (χ0) is 17.7. The second-order valence-electron chi connectivity index (χ2n) is 4.56. The lowest BCUT2D eigenvalue weighted by molar-refractivity contribution is -0.384. The molecule has 0 saturated heterocycles. The summed E-state index contributed by atoms with van der Waals surface area (Å²) in [5.41, 5.74) is 4.82. The van der Waals surface area contributed by atoms with Crippen LogP contribution in [-0.4, -0.2) is 21.9 Å². The molecule has 1 heterocycles. The third-order valence-electron chi connectivity index (χ3n) is 2.94. The predicted octanol–water partition coefficient (Wildman–Crippen LogP) is 1.45. The number of hydrogen-bond acceptors (Lipinski definition) is 6. The molecular formula is C14H12N4O5S. The van der Waals surface area contributed by atoms with Crippen molar-refractivity contribution < 1.29 is 18.9 Å². The fourth-order valence-electron chi connectivity index (χ4n) is 1.77. The van der Waals surface area contributed by atoms with Gasteiger partial charge in [0.15, 0.2) is 5.11 Å². The van der Waals surface area contributed by atoms with E-state index in [2.05, 4.69) is 16.2 Å². The van der Waals surface area contributed by atoms with Crippen molar-refractivity contribution in [3.63, 3.8) is 0 Å². The summed E-state index contributed by atoms with van der Waals surface area (Å²) in [5, 5.41) is 12.8. The summed E-state index contributed by atoms with van der Waals surface area (Å²) in [6, 6.07) is 6.65. The Bertz CT molecular complexity index is 817. The van der Waals surface area contributed by atoms with Crippen LogP contribution in [0.1, 0.15) is 26.5 Å². The summed E-state index contributed by atoms with van der Waals surface area (Å²) in [4.78, 5) is 33.9. The van der Waals surface area contributed by atoms with Crippen molar-refractivity contribution in [3.05, 3.63) is 63.6 Å². The van der Waals surface area contributed by atoms with Crippen LogP contribution in [0.25, 0.3) is 0 Å². The van der Waals surface area contributed by atoms with Gasteiger partial charge in [-0.3, -0.25) is 35.9 Å². The van der Waals surface area contributed by atoms with E-state index in [4.69, 9.17) is 16.6 Å². The number of furan rings is 1. The van der Waals surface area contributed by atoms with Crippen molar-refractivity contribution >= 4 is 34.8 Å². The van der Waals surface area contributed by atoms with Crippen LogP contribution in [0, 0.1) is 17.0 Å². The normalized spacial score (nSPS) is 9.88. The standard InChI is InChI=1S/C14H12N4O5S/c1-8-11(5-6-23-8)13(20)16-17-14(24)15-12(19)9-3-2-4-10(7-9)18(21)22/h2-7H,1H3,(H,16,20)(H2,15,17,19,24). The number of nitro groups is 1. The number of amides is 2. The molecular weight excluding hydrogens is 336 g/mol. The number of non-ortho nitro benzene ring substituents is 1. The van der Waals surface area contributed by atoms with E-state index in [1.165, 1.54) is 30.5 Å². The second kappa shape index (κ2) is 7.33. The van der Waals surface area contributed by atoms with E-state index in [1.807, 2.05) is 0 Å². The average Bonchev–Trinajstić information content (AvgIpc) is 2.98. The number of carbonyl (C=O) groups excluding carboxylic acids is 2. The van der Waals surface area contributed by atoms with Crippen LogP contribution in [0.2, 0.25) is 0 Å². The number of thiocarbonyl (C=S) groups is 1. The Morgan fingerprint density at radius 2 is 1.96 bits per heavy atom. The zero-order valence-corrected chi connectivity index (χ0v) is 13.2. The van der Waals surface area contributed by atoms with Gasteiger partial charge in [-0.15, -0.1) is 0 Å². The molecule has 0 fully saturated rings. The Morgan fingerprint density at radius 1 is 1.21 bits per heavy atom. The minimum Gasteiger partial charge on any atom is -0.469 e. The number of nitrogens with one attached hydrogen (secondary N) is 3. The van der Waals surface area contributed by atoms with E-state index < -0.39 is 16.7 Å². The van der Waals surface area contributed by atoms with Gasteiger partial charge in [-0.2, -0.15) is 0 Å². The Labute approximate surface area is 141 Å². The molecule has 10 heteroatoms. The summed E-state index contributed by atoms with van der Waals surface area (Å²) >= 11 is 4.88. The highest BCUT2D eigenvalue weighted by Gasteiger charge is 2.14. The van der Waals surface area contributed by atoms with Crippen LogP contribution in [0.15, 0.2) is 41.0 Å². The molecule has 0 aliphatic rings. The quantitative estimate of drug-likeness (QED) is 0.435. The first-order chi connectivity index (χ1) is 11.4. The molecule has 2 amide bonds. The SMILES string of the molecule is Cc1occc1C(=O)NNC(=S)NC(=O)c1cccc([N+](=O)[O-])c1. The Kier molecular flexibility index (Phi) is 5.22. The molecule has 0 unspecified atom stereocenters. The number of carbonyl (C=O) groups is 2. The summed E-state index contributed by atoms with van der Waals surface area (Å²) in [5.74, 6) is -0.709. The average molecular weight is 348 g/mol. The van der Waals surface area contributed by atoms with Crippen LogP contribution in [0.3, 0.4) is 0 Å². The lowest BCUT2D eigenvalue weighted by atomic mass is 10.2.